The molecular formula is C28H29NO2. The van der Waals surface area contributed by atoms with Gasteiger partial charge in [-0.1, -0.05) is 78.4 Å². The summed E-state index contributed by atoms with van der Waals surface area (Å²) < 4.78 is 11.8. The summed E-state index contributed by atoms with van der Waals surface area (Å²) in [6, 6.07) is 29.4. The summed E-state index contributed by atoms with van der Waals surface area (Å²) in [5, 5.41) is 6.06. The van der Waals surface area contributed by atoms with E-state index < -0.39 is 0 Å². The molecule has 0 aromatic heterocycles. The lowest BCUT2D eigenvalue weighted by Crippen LogP contribution is -2.18. The Bertz CT molecular complexity index is 1150. The van der Waals surface area contributed by atoms with Crippen LogP contribution in [0.15, 0.2) is 84.9 Å². The van der Waals surface area contributed by atoms with E-state index in [2.05, 4.69) is 85.0 Å². The van der Waals surface area contributed by atoms with Crippen LogP contribution < -0.4 is 14.8 Å². The van der Waals surface area contributed by atoms with Crippen LogP contribution >= 0.6 is 0 Å². The molecular weight excluding hydrogens is 382 g/mol. The van der Waals surface area contributed by atoms with Crippen molar-refractivity contribution in [1.82, 2.24) is 5.32 Å². The van der Waals surface area contributed by atoms with E-state index in [1.54, 1.807) is 7.11 Å². The molecule has 0 spiro atoms. The van der Waals surface area contributed by atoms with Crippen LogP contribution in [0.2, 0.25) is 0 Å². The molecule has 0 aliphatic rings. The summed E-state index contributed by atoms with van der Waals surface area (Å²) in [5.41, 5.74) is 4.85. The highest BCUT2D eigenvalue weighted by Crippen LogP contribution is 2.29. The molecule has 3 heteroatoms. The third-order valence-corrected chi connectivity index (χ3v) is 5.54. The Balaban J connectivity index is 1.48. The van der Waals surface area contributed by atoms with Gasteiger partial charge in [0.05, 0.1) is 7.11 Å². The van der Waals surface area contributed by atoms with Crippen molar-refractivity contribution in [2.24, 2.45) is 0 Å². The van der Waals surface area contributed by atoms with Crippen LogP contribution in [0, 0.1) is 6.92 Å². The fourth-order valence-corrected chi connectivity index (χ4v) is 3.94. The largest absolute Gasteiger partial charge is 0.496 e. The van der Waals surface area contributed by atoms with Gasteiger partial charge in [0.2, 0.25) is 0 Å². The van der Waals surface area contributed by atoms with Gasteiger partial charge in [0.1, 0.15) is 18.1 Å². The molecule has 158 valence electrons. The number of benzene rings is 4. The van der Waals surface area contributed by atoms with E-state index in [0.717, 1.165) is 31.0 Å². The topological polar surface area (TPSA) is 30.5 Å². The summed E-state index contributed by atoms with van der Waals surface area (Å²) >= 11 is 0. The van der Waals surface area contributed by atoms with E-state index in [4.69, 9.17) is 9.47 Å². The Hall–Kier alpha value is -3.30. The average Bonchev–Trinajstić information content (AvgIpc) is 2.81. The molecule has 0 radical (unpaired) electrons. The van der Waals surface area contributed by atoms with Gasteiger partial charge in [-0.15, -0.1) is 0 Å². The molecule has 4 aromatic carbocycles. The minimum atomic E-state index is 0.564. The number of aryl methyl sites for hydroxylation is 1. The highest BCUT2D eigenvalue weighted by atomic mass is 16.5. The van der Waals surface area contributed by atoms with E-state index in [0.29, 0.717) is 6.61 Å². The van der Waals surface area contributed by atoms with Crippen molar-refractivity contribution in [3.63, 3.8) is 0 Å². The second-order valence-corrected chi connectivity index (χ2v) is 7.78. The maximum absolute atomic E-state index is 6.28. The van der Waals surface area contributed by atoms with Gasteiger partial charge in [0.15, 0.2) is 0 Å². The highest BCUT2D eigenvalue weighted by molar-refractivity contribution is 5.87. The van der Waals surface area contributed by atoms with Crippen molar-refractivity contribution < 1.29 is 9.47 Å². The van der Waals surface area contributed by atoms with Crippen LogP contribution in [0.1, 0.15) is 22.3 Å². The van der Waals surface area contributed by atoms with Crippen molar-refractivity contribution in [3.8, 4) is 11.5 Å². The summed E-state index contributed by atoms with van der Waals surface area (Å²) in [5.74, 6) is 1.88. The third kappa shape index (κ3) is 5.25. The first kappa shape index (κ1) is 21.0. The number of fused-ring (bicyclic) bond motifs is 1. The molecule has 0 amide bonds. The van der Waals surface area contributed by atoms with Crippen molar-refractivity contribution in [3.05, 3.63) is 107 Å². The zero-order valence-electron chi connectivity index (χ0n) is 18.2. The van der Waals surface area contributed by atoms with Gasteiger partial charge < -0.3 is 14.8 Å². The number of nitrogens with one attached hydrogen (secondary N) is 1. The Morgan fingerprint density at radius 3 is 2.52 bits per heavy atom. The molecule has 3 nitrogen and oxygen atoms in total. The second-order valence-electron chi connectivity index (χ2n) is 7.78. The van der Waals surface area contributed by atoms with E-state index in [-0.39, 0.29) is 0 Å². The molecule has 1 N–H and O–H groups in total. The molecule has 0 heterocycles. The number of methoxy groups -OCH3 is 1. The molecule has 4 rings (SSSR count). The molecule has 4 aromatic rings. The zero-order chi connectivity index (χ0) is 21.5. The number of hydrogen-bond donors (Lipinski definition) is 1. The van der Waals surface area contributed by atoms with Crippen LogP contribution in [-0.4, -0.2) is 13.7 Å². The van der Waals surface area contributed by atoms with E-state index in [9.17, 15) is 0 Å². The molecule has 0 saturated heterocycles. The van der Waals surface area contributed by atoms with Crippen molar-refractivity contribution in [1.29, 1.82) is 0 Å². The minimum Gasteiger partial charge on any atom is -0.496 e. The molecule has 0 bridgehead atoms. The first-order chi connectivity index (χ1) is 15.2. The summed E-state index contributed by atoms with van der Waals surface area (Å²) in [4.78, 5) is 0. The Labute approximate surface area is 184 Å². The van der Waals surface area contributed by atoms with Gasteiger partial charge in [-0.05, 0) is 53.9 Å². The molecule has 0 aliphatic carbocycles. The van der Waals surface area contributed by atoms with Crippen molar-refractivity contribution in [2.75, 3.05) is 13.7 Å². The van der Waals surface area contributed by atoms with Crippen molar-refractivity contribution >= 4 is 10.8 Å². The van der Waals surface area contributed by atoms with E-state index in [1.165, 1.54) is 33.0 Å². The van der Waals surface area contributed by atoms with Gasteiger partial charge in [-0.3, -0.25) is 0 Å². The first-order valence-electron chi connectivity index (χ1n) is 10.8. The van der Waals surface area contributed by atoms with Gasteiger partial charge in [-0.25, -0.2) is 0 Å². The SMILES string of the molecule is COc1ccccc1CCNCc1c(OCc2cccc(C)c2)ccc2ccccc12. The van der Waals surface area contributed by atoms with Gasteiger partial charge in [0.25, 0.3) is 0 Å². The van der Waals surface area contributed by atoms with Gasteiger partial charge in [-0.2, -0.15) is 0 Å². The zero-order valence-corrected chi connectivity index (χ0v) is 18.2. The molecule has 31 heavy (non-hydrogen) atoms. The fourth-order valence-electron chi connectivity index (χ4n) is 3.94. The van der Waals surface area contributed by atoms with E-state index >= 15 is 0 Å². The summed E-state index contributed by atoms with van der Waals surface area (Å²) in [6.07, 6.45) is 0.911. The molecule has 0 aliphatic heterocycles. The lowest BCUT2D eigenvalue weighted by atomic mass is 10.0. The Morgan fingerprint density at radius 1 is 0.806 bits per heavy atom. The van der Waals surface area contributed by atoms with E-state index in [1.807, 2.05) is 12.1 Å². The molecule has 0 atom stereocenters. The minimum absolute atomic E-state index is 0.564. The maximum atomic E-state index is 6.28. The van der Waals surface area contributed by atoms with Crippen LogP contribution in [0.4, 0.5) is 0 Å². The summed E-state index contributed by atoms with van der Waals surface area (Å²) in [7, 11) is 1.72. The van der Waals surface area contributed by atoms with Crippen LogP contribution in [0.25, 0.3) is 10.8 Å². The van der Waals surface area contributed by atoms with Crippen LogP contribution in [-0.2, 0) is 19.6 Å². The number of hydrogen-bond acceptors (Lipinski definition) is 3. The average molecular weight is 412 g/mol. The Morgan fingerprint density at radius 2 is 1.65 bits per heavy atom. The molecule has 0 unspecified atom stereocenters. The van der Waals surface area contributed by atoms with Gasteiger partial charge in [0, 0.05) is 12.1 Å². The molecule has 0 saturated carbocycles. The second kappa shape index (κ2) is 10.1. The first-order valence-corrected chi connectivity index (χ1v) is 10.8. The normalized spacial score (nSPS) is 10.9. The monoisotopic (exact) mass is 411 g/mol. The number of ether oxygens (including phenoxy) is 2. The highest BCUT2D eigenvalue weighted by Gasteiger charge is 2.10. The third-order valence-electron chi connectivity index (χ3n) is 5.54. The van der Waals surface area contributed by atoms with Gasteiger partial charge >= 0.3 is 0 Å². The fraction of sp³-hybridized carbons (Fsp3) is 0.214. The standard InChI is InChI=1S/C28H29NO2/c1-21-8-7-9-22(18-21)20-31-28-15-14-23-10-3-5-12-25(23)26(28)19-29-17-16-24-11-4-6-13-27(24)30-2/h3-15,18,29H,16-17,19-20H2,1-2H3. The molecule has 0 fully saturated rings. The van der Waals surface area contributed by atoms with Crippen LogP contribution in [0.5, 0.6) is 11.5 Å². The lowest BCUT2D eigenvalue weighted by molar-refractivity contribution is 0.302. The summed E-state index contributed by atoms with van der Waals surface area (Å²) in [6.45, 7) is 4.28. The lowest BCUT2D eigenvalue weighted by Gasteiger charge is -2.16. The smallest absolute Gasteiger partial charge is 0.124 e. The Kier molecular flexibility index (Phi) is 6.85. The van der Waals surface area contributed by atoms with Crippen LogP contribution in [0.3, 0.4) is 0 Å². The predicted molar refractivity (Wildman–Crippen MR) is 128 cm³/mol. The number of rotatable bonds is 9. The van der Waals surface area contributed by atoms with Crippen molar-refractivity contribution in [2.45, 2.75) is 26.5 Å². The maximum Gasteiger partial charge on any atom is 0.124 e. The number of para-hydroxylation sites is 1. The predicted octanol–water partition coefficient (Wildman–Crippen LogP) is 6.07. The quantitative estimate of drug-likeness (QED) is 0.339.